The molecule has 0 saturated carbocycles. The number of hydrazine groups is 1. The number of ether oxygens (including phenoxy) is 1. The van der Waals surface area contributed by atoms with Crippen molar-refractivity contribution in [2.24, 2.45) is 5.92 Å². The topological polar surface area (TPSA) is 85.6 Å². The Balaban J connectivity index is 3.16. The van der Waals surface area contributed by atoms with Crippen LogP contribution in [0, 0.1) is 17.2 Å². The molecule has 8 heteroatoms. The van der Waals surface area contributed by atoms with Crippen LogP contribution in [0.1, 0.15) is 53.3 Å². The highest BCUT2D eigenvalue weighted by molar-refractivity contribution is 5.70. The minimum atomic E-state index is -0.605. The van der Waals surface area contributed by atoms with Crippen molar-refractivity contribution in [2.45, 2.75) is 53.1 Å². The van der Waals surface area contributed by atoms with Crippen LogP contribution in [-0.2, 0) is 4.74 Å². The molecule has 0 saturated heterocycles. The number of carbonyl (C=O) groups is 1. The molecule has 0 fully saturated rings. The van der Waals surface area contributed by atoms with E-state index in [2.05, 4.69) is 28.7 Å². The molecule has 0 bridgehead atoms. The smallest absolute Gasteiger partial charge is 0.429 e. The second kappa shape index (κ2) is 10.8. The molecule has 0 unspecified atom stereocenters. The van der Waals surface area contributed by atoms with Crippen molar-refractivity contribution in [2.75, 3.05) is 38.7 Å². The van der Waals surface area contributed by atoms with Gasteiger partial charge in [-0.15, -0.1) is 0 Å². The van der Waals surface area contributed by atoms with Crippen LogP contribution in [0.2, 0.25) is 0 Å². The molecule has 0 aliphatic rings. The van der Waals surface area contributed by atoms with Gasteiger partial charge in [0, 0.05) is 25.4 Å². The van der Waals surface area contributed by atoms with Gasteiger partial charge in [-0.3, -0.25) is 5.01 Å². The highest BCUT2D eigenvalue weighted by Crippen LogP contribution is 2.19. The number of unbranched alkanes of at least 4 members (excludes halogenated alkanes) is 1. The number of rotatable bonds is 9. The minimum Gasteiger partial charge on any atom is -0.442 e. The maximum absolute atomic E-state index is 13.0. The summed E-state index contributed by atoms with van der Waals surface area (Å²) >= 11 is 0. The molecular formula is C20H34N6O2. The zero-order chi connectivity index (χ0) is 21.3. The second-order valence-corrected chi connectivity index (χ2v) is 8.44. The summed E-state index contributed by atoms with van der Waals surface area (Å²) in [4.78, 5) is 23.3. The fraction of sp³-hybridized carbons (Fsp3) is 0.700. The van der Waals surface area contributed by atoms with Crippen molar-refractivity contribution >= 4 is 11.9 Å². The quantitative estimate of drug-likeness (QED) is 0.472. The van der Waals surface area contributed by atoms with Gasteiger partial charge in [0.15, 0.2) is 5.82 Å². The van der Waals surface area contributed by atoms with Crippen LogP contribution in [0.25, 0.3) is 0 Å². The number of hydrogen-bond donors (Lipinski definition) is 0. The van der Waals surface area contributed by atoms with Crippen LogP contribution in [-0.4, -0.2) is 65.3 Å². The first-order chi connectivity index (χ1) is 13.0. The maximum atomic E-state index is 13.0. The third-order valence-corrected chi connectivity index (χ3v) is 3.66. The van der Waals surface area contributed by atoms with E-state index in [-0.39, 0.29) is 11.7 Å². The first-order valence-electron chi connectivity index (χ1n) is 9.69. The number of anilines is 1. The normalized spacial score (nSPS) is 11.4. The molecule has 0 radical (unpaired) electrons. The lowest BCUT2D eigenvalue weighted by Gasteiger charge is -2.37. The molecule has 0 aliphatic heterocycles. The first kappa shape index (κ1) is 23.6. The second-order valence-electron chi connectivity index (χ2n) is 8.44. The highest BCUT2D eigenvalue weighted by Gasteiger charge is 2.28. The highest BCUT2D eigenvalue weighted by atomic mass is 16.6. The molecule has 1 rings (SSSR count). The first-order valence-corrected chi connectivity index (χ1v) is 9.69. The van der Waals surface area contributed by atoms with Gasteiger partial charge >= 0.3 is 6.09 Å². The summed E-state index contributed by atoms with van der Waals surface area (Å²) in [5.41, 5.74) is -0.605. The molecule has 0 aliphatic carbocycles. The van der Waals surface area contributed by atoms with E-state index < -0.39 is 11.7 Å². The molecule has 0 N–H and O–H groups in total. The Kier molecular flexibility index (Phi) is 9.13. The lowest BCUT2D eigenvalue weighted by atomic mass is 10.2. The summed E-state index contributed by atoms with van der Waals surface area (Å²) in [6.45, 7) is 11.7. The van der Waals surface area contributed by atoms with Gasteiger partial charge < -0.3 is 9.64 Å². The van der Waals surface area contributed by atoms with Gasteiger partial charge in [0.05, 0.1) is 0 Å². The van der Waals surface area contributed by atoms with Gasteiger partial charge in [-0.05, 0) is 60.2 Å². The van der Waals surface area contributed by atoms with Crippen LogP contribution < -0.4 is 5.01 Å². The van der Waals surface area contributed by atoms with Crippen LogP contribution in [0.5, 0.6) is 0 Å². The standard InChI is InChI=1S/C20H34N6O2/c1-16(2)15-26(18-10-11-22-17(14-21)23-18)25(13-9-8-12-24(6)7)19(27)28-20(3,4)5/h10-11,16H,8-9,12-13,15H2,1-7H3. The van der Waals surface area contributed by atoms with E-state index in [1.807, 2.05) is 40.9 Å². The summed E-state index contributed by atoms with van der Waals surface area (Å²) in [6.07, 6.45) is 2.89. The van der Waals surface area contributed by atoms with E-state index in [0.29, 0.717) is 18.9 Å². The monoisotopic (exact) mass is 390 g/mol. The molecule has 8 nitrogen and oxygen atoms in total. The van der Waals surface area contributed by atoms with Crippen LogP contribution in [0.15, 0.2) is 12.3 Å². The van der Waals surface area contributed by atoms with Gasteiger partial charge in [-0.2, -0.15) is 10.2 Å². The van der Waals surface area contributed by atoms with Gasteiger partial charge in [0.1, 0.15) is 11.7 Å². The lowest BCUT2D eigenvalue weighted by molar-refractivity contribution is 0.0213. The zero-order valence-electron chi connectivity index (χ0n) is 18.3. The van der Waals surface area contributed by atoms with Gasteiger partial charge in [-0.1, -0.05) is 13.8 Å². The number of aromatic nitrogens is 2. The number of nitrogens with zero attached hydrogens (tertiary/aromatic N) is 6. The van der Waals surface area contributed by atoms with Crippen molar-refractivity contribution in [1.82, 2.24) is 19.9 Å². The fourth-order valence-electron chi connectivity index (χ4n) is 2.52. The van der Waals surface area contributed by atoms with Crippen molar-refractivity contribution in [3.63, 3.8) is 0 Å². The number of nitriles is 1. The summed E-state index contributed by atoms with van der Waals surface area (Å²) < 4.78 is 5.65. The average molecular weight is 391 g/mol. The van der Waals surface area contributed by atoms with E-state index in [1.54, 1.807) is 16.1 Å². The molecule has 156 valence electrons. The molecule has 0 spiro atoms. The van der Waals surface area contributed by atoms with E-state index in [9.17, 15) is 4.79 Å². The van der Waals surface area contributed by atoms with Crippen LogP contribution >= 0.6 is 0 Å². The van der Waals surface area contributed by atoms with E-state index in [4.69, 9.17) is 10.00 Å². The van der Waals surface area contributed by atoms with E-state index in [1.165, 1.54) is 6.20 Å². The lowest BCUT2D eigenvalue weighted by Crippen LogP contribution is -2.51. The minimum absolute atomic E-state index is 0.0722. The van der Waals surface area contributed by atoms with Crippen LogP contribution in [0.4, 0.5) is 10.6 Å². The number of amides is 1. The van der Waals surface area contributed by atoms with Gasteiger partial charge in [0.2, 0.25) is 5.82 Å². The number of hydrogen-bond acceptors (Lipinski definition) is 7. The Bertz CT molecular complexity index is 663. The molecule has 1 aromatic rings. The van der Waals surface area contributed by atoms with Gasteiger partial charge in [0.25, 0.3) is 0 Å². The third-order valence-electron chi connectivity index (χ3n) is 3.66. The molecule has 0 aromatic carbocycles. The zero-order valence-corrected chi connectivity index (χ0v) is 18.3. The summed E-state index contributed by atoms with van der Waals surface area (Å²) in [5.74, 6) is 0.855. The van der Waals surface area contributed by atoms with Crippen molar-refractivity contribution in [3.8, 4) is 6.07 Å². The Hall–Kier alpha value is -2.40. The molecule has 1 heterocycles. The number of carbonyl (C=O) groups excluding carboxylic acids is 1. The third kappa shape index (κ3) is 8.53. The molecule has 1 aromatic heterocycles. The SMILES string of the molecule is CC(C)CN(c1ccnc(C#N)n1)N(CCCCN(C)C)C(=O)OC(C)(C)C. The Morgan fingerprint density at radius 2 is 1.89 bits per heavy atom. The molecule has 1 amide bonds. The molecule has 28 heavy (non-hydrogen) atoms. The Morgan fingerprint density at radius 1 is 1.25 bits per heavy atom. The van der Waals surface area contributed by atoms with E-state index >= 15 is 0 Å². The Labute approximate surface area is 169 Å². The summed E-state index contributed by atoms with van der Waals surface area (Å²) in [5, 5.41) is 12.6. The predicted octanol–water partition coefficient (Wildman–Crippen LogP) is 3.30. The summed E-state index contributed by atoms with van der Waals surface area (Å²) in [7, 11) is 4.06. The largest absolute Gasteiger partial charge is 0.442 e. The van der Waals surface area contributed by atoms with E-state index in [0.717, 1.165) is 19.4 Å². The van der Waals surface area contributed by atoms with Gasteiger partial charge in [-0.25, -0.2) is 14.8 Å². The Morgan fingerprint density at radius 3 is 2.43 bits per heavy atom. The fourth-order valence-corrected chi connectivity index (χ4v) is 2.52. The van der Waals surface area contributed by atoms with Crippen molar-refractivity contribution < 1.29 is 9.53 Å². The molecular weight excluding hydrogens is 356 g/mol. The summed E-state index contributed by atoms with van der Waals surface area (Å²) in [6, 6.07) is 3.67. The predicted molar refractivity (Wildman–Crippen MR) is 110 cm³/mol. The molecule has 0 atom stereocenters. The average Bonchev–Trinajstić information content (AvgIpc) is 2.58. The van der Waals surface area contributed by atoms with Crippen molar-refractivity contribution in [1.29, 1.82) is 5.26 Å². The maximum Gasteiger partial charge on any atom is 0.429 e. The van der Waals surface area contributed by atoms with Crippen LogP contribution in [0.3, 0.4) is 0 Å². The van der Waals surface area contributed by atoms with Crippen molar-refractivity contribution in [3.05, 3.63) is 18.1 Å².